The molecule has 0 aromatic heterocycles. The molecule has 1 fully saturated rings. The van der Waals surface area contributed by atoms with Gasteiger partial charge in [0.2, 0.25) is 0 Å². The average molecular weight is 536 g/mol. The molecule has 168 valence electrons. The highest BCUT2D eigenvalue weighted by Gasteiger charge is 2.22. The Labute approximate surface area is 202 Å². The molecule has 6 nitrogen and oxygen atoms in total. The van der Waals surface area contributed by atoms with E-state index in [0.717, 1.165) is 54.9 Å². The van der Waals surface area contributed by atoms with E-state index in [1.165, 1.54) is 12.8 Å². The predicted molar refractivity (Wildman–Crippen MR) is 136 cm³/mol. The number of hydrogen-bond donors (Lipinski definition) is 3. The van der Waals surface area contributed by atoms with Crippen LogP contribution in [0.25, 0.3) is 0 Å². The second-order valence-corrected chi connectivity index (χ2v) is 7.51. The third kappa shape index (κ3) is 8.40. The molecule has 3 N–H and O–H groups in total. The Morgan fingerprint density at radius 3 is 2.68 bits per heavy atom. The summed E-state index contributed by atoms with van der Waals surface area (Å²) in [6.45, 7) is 4.92. The Morgan fingerprint density at radius 2 is 1.94 bits per heavy atom. The highest BCUT2D eigenvalue weighted by Crippen LogP contribution is 2.30. The van der Waals surface area contributed by atoms with Gasteiger partial charge in [0, 0.05) is 31.3 Å². The number of hydrogen-bond acceptors (Lipinski definition) is 3. The smallest absolute Gasteiger partial charge is 0.251 e. The van der Waals surface area contributed by atoms with E-state index in [4.69, 9.17) is 9.73 Å². The minimum atomic E-state index is -0.0673. The molecule has 0 radical (unpaired) electrons. The number of carbonyl (C=O) groups is 1. The Morgan fingerprint density at radius 1 is 1.13 bits per heavy atom. The number of carbonyl (C=O) groups excluding carboxylic acids is 1. The number of para-hydroxylation sites is 1. The number of guanidine groups is 1. The zero-order valence-electron chi connectivity index (χ0n) is 18.3. The van der Waals surface area contributed by atoms with Crippen LogP contribution in [0, 0.1) is 5.92 Å². The first-order chi connectivity index (χ1) is 14.7. The van der Waals surface area contributed by atoms with Crippen LogP contribution in [0.3, 0.4) is 0 Å². The summed E-state index contributed by atoms with van der Waals surface area (Å²) in [6, 6.07) is 15.8. The van der Waals surface area contributed by atoms with Crippen molar-refractivity contribution in [2.75, 3.05) is 26.7 Å². The summed E-state index contributed by atoms with van der Waals surface area (Å²) in [5.41, 5.74) is 2.88. The third-order valence-electron chi connectivity index (χ3n) is 5.02. The van der Waals surface area contributed by atoms with Gasteiger partial charge in [-0.3, -0.25) is 4.79 Å². The summed E-state index contributed by atoms with van der Waals surface area (Å²) in [4.78, 5) is 16.5. The molecule has 1 amide bonds. The maximum absolute atomic E-state index is 11.8. The van der Waals surface area contributed by atoms with E-state index < -0.39 is 0 Å². The molecule has 1 aliphatic rings. The summed E-state index contributed by atoms with van der Waals surface area (Å²) in [7, 11) is 1.64. The number of rotatable bonds is 10. The normalized spacial score (nSPS) is 13.2. The number of benzene rings is 2. The standard InChI is InChI=1S/C24H32N4O2.HI/c1-3-26-24(27-14-13-18-7-6-9-20(15-18)23(29)25-2)28-16-21-8-4-5-10-22(21)30-17-19-11-12-19;/h4-10,15,19H,3,11-14,16-17H2,1-2H3,(H,25,29)(H2,26,27,28);1H. The molecule has 0 unspecified atom stereocenters. The molecule has 0 heterocycles. The summed E-state index contributed by atoms with van der Waals surface area (Å²) in [5, 5.41) is 9.33. The lowest BCUT2D eigenvalue weighted by Crippen LogP contribution is -2.38. The van der Waals surface area contributed by atoms with Crippen molar-refractivity contribution in [1.82, 2.24) is 16.0 Å². The summed E-state index contributed by atoms with van der Waals surface area (Å²) >= 11 is 0. The fraction of sp³-hybridized carbons (Fsp3) is 0.417. The Balaban J connectivity index is 0.00000341. The molecular formula is C24H33IN4O2. The lowest BCUT2D eigenvalue weighted by Gasteiger charge is -2.13. The zero-order chi connectivity index (χ0) is 21.2. The molecule has 0 aliphatic heterocycles. The lowest BCUT2D eigenvalue weighted by molar-refractivity contribution is 0.0963. The third-order valence-corrected chi connectivity index (χ3v) is 5.02. The van der Waals surface area contributed by atoms with Gasteiger partial charge in [-0.2, -0.15) is 0 Å². The molecule has 1 saturated carbocycles. The van der Waals surface area contributed by atoms with E-state index in [1.54, 1.807) is 7.05 Å². The van der Waals surface area contributed by atoms with Crippen LogP contribution in [0.1, 0.15) is 41.3 Å². The maximum Gasteiger partial charge on any atom is 0.251 e. The second kappa shape index (κ2) is 13.2. The number of nitrogens with one attached hydrogen (secondary N) is 3. The minimum Gasteiger partial charge on any atom is -0.493 e. The minimum absolute atomic E-state index is 0. The van der Waals surface area contributed by atoms with Crippen molar-refractivity contribution in [2.24, 2.45) is 10.9 Å². The van der Waals surface area contributed by atoms with E-state index in [1.807, 2.05) is 42.5 Å². The molecule has 0 saturated heterocycles. The predicted octanol–water partition coefficient (Wildman–Crippen LogP) is 3.75. The van der Waals surface area contributed by atoms with Crippen molar-refractivity contribution in [3.63, 3.8) is 0 Å². The van der Waals surface area contributed by atoms with Crippen molar-refractivity contribution >= 4 is 35.8 Å². The molecule has 0 bridgehead atoms. The fourth-order valence-electron chi connectivity index (χ4n) is 3.11. The first-order valence-corrected chi connectivity index (χ1v) is 10.7. The Hall–Kier alpha value is -2.29. The Kier molecular flexibility index (Phi) is 10.6. The van der Waals surface area contributed by atoms with Crippen molar-refractivity contribution in [2.45, 2.75) is 32.7 Å². The van der Waals surface area contributed by atoms with Gasteiger partial charge in [-0.05, 0) is 55.9 Å². The fourth-order valence-corrected chi connectivity index (χ4v) is 3.11. The monoisotopic (exact) mass is 536 g/mol. The van der Waals surface area contributed by atoms with Crippen LogP contribution in [0.5, 0.6) is 5.75 Å². The first-order valence-electron chi connectivity index (χ1n) is 10.7. The first kappa shape index (κ1) is 25.0. The molecule has 0 spiro atoms. The van der Waals surface area contributed by atoms with Crippen LogP contribution in [-0.4, -0.2) is 38.6 Å². The summed E-state index contributed by atoms with van der Waals surface area (Å²) < 4.78 is 5.99. The molecular weight excluding hydrogens is 503 g/mol. The van der Waals surface area contributed by atoms with Crippen LogP contribution in [-0.2, 0) is 13.0 Å². The largest absolute Gasteiger partial charge is 0.493 e. The SMILES string of the molecule is CCNC(=NCc1ccccc1OCC1CC1)NCCc1cccc(C(=O)NC)c1.I. The van der Waals surface area contributed by atoms with Gasteiger partial charge in [0.1, 0.15) is 5.75 Å². The van der Waals surface area contributed by atoms with E-state index in [-0.39, 0.29) is 29.9 Å². The zero-order valence-corrected chi connectivity index (χ0v) is 20.6. The number of halogens is 1. The number of aliphatic imine (C=N–C) groups is 1. The van der Waals surface area contributed by atoms with Crippen LogP contribution in [0.15, 0.2) is 53.5 Å². The number of nitrogens with zero attached hydrogens (tertiary/aromatic N) is 1. The van der Waals surface area contributed by atoms with Crippen molar-refractivity contribution in [3.05, 3.63) is 65.2 Å². The quantitative estimate of drug-likeness (QED) is 0.246. The average Bonchev–Trinajstić information content (AvgIpc) is 3.61. The highest BCUT2D eigenvalue weighted by atomic mass is 127. The lowest BCUT2D eigenvalue weighted by atomic mass is 10.1. The van der Waals surface area contributed by atoms with Gasteiger partial charge >= 0.3 is 0 Å². The molecule has 31 heavy (non-hydrogen) atoms. The van der Waals surface area contributed by atoms with Gasteiger partial charge in [0.05, 0.1) is 13.2 Å². The van der Waals surface area contributed by atoms with Gasteiger partial charge in [-0.15, -0.1) is 24.0 Å². The van der Waals surface area contributed by atoms with Gasteiger partial charge in [-0.1, -0.05) is 30.3 Å². The molecule has 3 rings (SSSR count). The summed E-state index contributed by atoms with van der Waals surface area (Å²) in [5.74, 6) is 2.36. The Bertz CT molecular complexity index is 868. The second-order valence-electron chi connectivity index (χ2n) is 7.51. The van der Waals surface area contributed by atoms with E-state index in [9.17, 15) is 4.79 Å². The van der Waals surface area contributed by atoms with Gasteiger partial charge < -0.3 is 20.7 Å². The molecule has 2 aromatic carbocycles. The van der Waals surface area contributed by atoms with Gasteiger partial charge in [0.15, 0.2) is 5.96 Å². The summed E-state index contributed by atoms with van der Waals surface area (Å²) in [6.07, 6.45) is 3.36. The number of amides is 1. The van der Waals surface area contributed by atoms with Gasteiger partial charge in [-0.25, -0.2) is 4.99 Å². The highest BCUT2D eigenvalue weighted by molar-refractivity contribution is 14.0. The number of ether oxygens (including phenoxy) is 1. The van der Waals surface area contributed by atoms with Crippen LogP contribution < -0.4 is 20.7 Å². The van der Waals surface area contributed by atoms with Crippen molar-refractivity contribution in [3.8, 4) is 5.75 Å². The van der Waals surface area contributed by atoms with Crippen LogP contribution in [0.4, 0.5) is 0 Å². The van der Waals surface area contributed by atoms with Crippen molar-refractivity contribution in [1.29, 1.82) is 0 Å². The van der Waals surface area contributed by atoms with Crippen molar-refractivity contribution < 1.29 is 9.53 Å². The molecule has 1 aliphatic carbocycles. The van der Waals surface area contributed by atoms with Crippen LogP contribution >= 0.6 is 24.0 Å². The molecule has 2 aromatic rings. The van der Waals surface area contributed by atoms with Gasteiger partial charge in [0.25, 0.3) is 5.91 Å². The maximum atomic E-state index is 11.8. The topological polar surface area (TPSA) is 74.8 Å². The molecule has 0 atom stereocenters. The van der Waals surface area contributed by atoms with E-state index in [0.29, 0.717) is 12.1 Å². The van der Waals surface area contributed by atoms with E-state index >= 15 is 0 Å². The van der Waals surface area contributed by atoms with E-state index in [2.05, 4.69) is 28.9 Å². The van der Waals surface area contributed by atoms with Crippen LogP contribution in [0.2, 0.25) is 0 Å². The molecule has 7 heteroatoms.